The topological polar surface area (TPSA) is 58.6 Å². The van der Waals surface area contributed by atoms with Crippen molar-refractivity contribution in [1.82, 2.24) is 10.2 Å². The van der Waals surface area contributed by atoms with E-state index in [0.717, 1.165) is 5.56 Å². The minimum Gasteiger partial charge on any atom is -0.435 e. The number of carbonyl (C=O) groups is 2. The maximum absolute atomic E-state index is 12.2. The van der Waals surface area contributed by atoms with Gasteiger partial charge in [0.05, 0.1) is 0 Å². The van der Waals surface area contributed by atoms with Gasteiger partial charge in [0.2, 0.25) is 0 Å². The van der Waals surface area contributed by atoms with Crippen LogP contribution < -0.4 is 10.1 Å². The number of aryl methyl sites for hydroxylation is 1. The highest BCUT2D eigenvalue weighted by atomic mass is 19.3. The van der Waals surface area contributed by atoms with Gasteiger partial charge in [0.25, 0.3) is 5.91 Å². The molecular formula is C15H18F2N2O3. The zero-order chi connectivity index (χ0) is 16.3. The van der Waals surface area contributed by atoms with Crippen molar-refractivity contribution in [2.75, 3.05) is 6.54 Å². The van der Waals surface area contributed by atoms with Gasteiger partial charge in [-0.15, -0.1) is 0 Å². The Bertz CT molecular complexity index is 562. The van der Waals surface area contributed by atoms with Crippen LogP contribution in [0.4, 0.5) is 13.6 Å². The molecule has 0 spiro atoms. The van der Waals surface area contributed by atoms with Gasteiger partial charge in [-0.25, -0.2) is 4.79 Å². The third-order valence-corrected chi connectivity index (χ3v) is 3.72. The number of imide groups is 1. The number of amides is 3. The van der Waals surface area contributed by atoms with Crippen LogP contribution in [-0.2, 0) is 11.2 Å². The summed E-state index contributed by atoms with van der Waals surface area (Å²) in [6.45, 7) is 0.915. The summed E-state index contributed by atoms with van der Waals surface area (Å²) in [5, 5.41) is 2.70. The average molecular weight is 312 g/mol. The standard InChI is InChI=1S/C15H18F2N2O3/c1-3-19-12(20)15(2,18-14(19)21)9-8-10-4-6-11(7-5-10)22-13(16)17/h4-7,13H,3,8-9H2,1-2H3,(H,18,21). The van der Waals surface area contributed by atoms with Crippen LogP contribution in [-0.4, -0.2) is 35.5 Å². The van der Waals surface area contributed by atoms with Gasteiger partial charge < -0.3 is 10.1 Å². The first-order chi connectivity index (χ1) is 10.4. The van der Waals surface area contributed by atoms with Crippen LogP contribution in [0.2, 0.25) is 0 Å². The molecule has 1 aliphatic heterocycles. The number of alkyl halides is 2. The van der Waals surface area contributed by atoms with E-state index in [9.17, 15) is 18.4 Å². The molecule has 1 aliphatic rings. The molecule has 22 heavy (non-hydrogen) atoms. The van der Waals surface area contributed by atoms with Gasteiger partial charge in [-0.1, -0.05) is 12.1 Å². The fraction of sp³-hybridized carbons (Fsp3) is 0.467. The molecule has 0 bridgehead atoms. The lowest BCUT2D eigenvalue weighted by molar-refractivity contribution is -0.130. The maximum atomic E-state index is 12.2. The zero-order valence-corrected chi connectivity index (χ0v) is 12.4. The fourth-order valence-corrected chi connectivity index (χ4v) is 2.44. The molecule has 0 saturated carbocycles. The number of halogens is 2. The third kappa shape index (κ3) is 3.35. The Kier molecular flexibility index (Phi) is 4.63. The predicted octanol–water partition coefficient (Wildman–Crippen LogP) is 2.55. The number of nitrogens with zero attached hydrogens (tertiary/aromatic N) is 1. The molecule has 3 amide bonds. The monoisotopic (exact) mass is 312 g/mol. The largest absolute Gasteiger partial charge is 0.435 e. The first kappa shape index (κ1) is 16.2. The van der Waals surface area contributed by atoms with Crippen molar-refractivity contribution in [1.29, 1.82) is 0 Å². The summed E-state index contributed by atoms with van der Waals surface area (Å²) in [5.74, 6) is -0.148. The second-order valence-electron chi connectivity index (χ2n) is 5.33. The number of hydrogen-bond acceptors (Lipinski definition) is 3. The quantitative estimate of drug-likeness (QED) is 0.821. The van der Waals surface area contributed by atoms with E-state index in [4.69, 9.17) is 0 Å². The van der Waals surface area contributed by atoms with Crippen LogP contribution in [0.5, 0.6) is 5.75 Å². The van der Waals surface area contributed by atoms with E-state index < -0.39 is 12.2 Å². The Morgan fingerprint density at radius 2 is 1.91 bits per heavy atom. The Hall–Kier alpha value is -2.18. The van der Waals surface area contributed by atoms with Crippen LogP contribution in [0.1, 0.15) is 25.8 Å². The third-order valence-electron chi connectivity index (χ3n) is 3.72. The number of nitrogens with one attached hydrogen (secondary N) is 1. The molecule has 0 radical (unpaired) electrons. The van der Waals surface area contributed by atoms with E-state index in [1.807, 2.05) is 0 Å². The van der Waals surface area contributed by atoms with Crippen molar-refractivity contribution in [2.24, 2.45) is 0 Å². The Labute approximate surface area is 127 Å². The van der Waals surface area contributed by atoms with Crippen LogP contribution >= 0.6 is 0 Å². The van der Waals surface area contributed by atoms with Gasteiger partial charge in [-0.05, 0) is 44.4 Å². The molecule has 1 saturated heterocycles. The van der Waals surface area contributed by atoms with Crippen LogP contribution in [0.25, 0.3) is 0 Å². The van der Waals surface area contributed by atoms with Crippen LogP contribution in [0, 0.1) is 0 Å². The summed E-state index contributed by atoms with van der Waals surface area (Å²) in [6.07, 6.45) is 0.970. The molecular weight excluding hydrogens is 294 g/mol. The SMILES string of the molecule is CCN1C(=O)NC(C)(CCc2ccc(OC(F)F)cc2)C1=O. The number of rotatable bonds is 6. The molecule has 0 aliphatic carbocycles. The van der Waals surface area contributed by atoms with E-state index in [1.165, 1.54) is 17.0 Å². The minimum absolute atomic E-state index is 0.0902. The molecule has 2 rings (SSSR count). The maximum Gasteiger partial charge on any atom is 0.387 e. The highest BCUT2D eigenvalue weighted by Crippen LogP contribution is 2.24. The summed E-state index contributed by atoms with van der Waals surface area (Å²) in [5.41, 5.74) is -0.0505. The predicted molar refractivity (Wildman–Crippen MR) is 75.7 cm³/mol. The van der Waals surface area contributed by atoms with Crippen molar-refractivity contribution in [3.63, 3.8) is 0 Å². The molecule has 1 unspecified atom stereocenters. The van der Waals surface area contributed by atoms with E-state index >= 15 is 0 Å². The van der Waals surface area contributed by atoms with Crippen LogP contribution in [0.3, 0.4) is 0 Å². The van der Waals surface area contributed by atoms with Gasteiger partial charge in [0.1, 0.15) is 11.3 Å². The first-order valence-electron chi connectivity index (χ1n) is 7.03. The van der Waals surface area contributed by atoms with E-state index in [0.29, 0.717) is 19.4 Å². The molecule has 1 aromatic carbocycles. The fourth-order valence-electron chi connectivity index (χ4n) is 2.44. The van der Waals surface area contributed by atoms with E-state index in [2.05, 4.69) is 10.1 Å². The molecule has 1 atom stereocenters. The van der Waals surface area contributed by atoms with Crippen molar-refractivity contribution >= 4 is 11.9 Å². The Balaban J connectivity index is 1.98. The number of urea groups is 1. The second-order valence-corrected chi connectivity index (χ2v) is 5.33. The molecule has 1 heterocycles. The van der Waals surface area contributed by atoms with E-state index in [1.54, 1.807) is 26.0 Å². The summed E-state index contributed by atoms with van der Waals surface area (Å²) in [7, 11) is 0. The molecule has 1 aromatic rings. The summed E-state index contributed by atoms with van der Waals surface area (Å²) in [6, 6.07) is 5.87. The van der Waals surface area contributed by atoms with Crippen molar-refractivity contribution in [2.45, 2.75) is 38.8 Å². The molecule has 1 N–H and O–H groups in total. The summed E-state index contributed by atoms with van der Waals surface area (Å²) < 4.78 is 28.4. The van der Waals surface area contributed by atoms with E-state index in [-0.39, 0.29) is 17.7 Å². The lowest BCUT2D eigenvalue weighted by Crippen LogP contribution is -2.44. The highest BCUT2D eigenvalue weighted by Gasteiger charge is 2.46. The summed E-state index contributed by atoms with van der Waals surface area (Å²) >= 11 is 0. The highest BCUT2D eigenvalue weighted by molar-refractivity contribution is 6.06. The normalized spacial score (nSPS) is 21.4. The van der Waals surface area contributed by atoms with Gasteiger partial charge >= 0.3 is 12.6 Å². The average Bonchev–Trinajstić information content (AvgIpc) is 2.67. The second kappa shape index (κ2) is 6.29. The number of ether oxygens (including phenoxy) is 1. The van der Waals surface area contributed by atoms with Gasteiger partial charge in [-0.3, -0.25) is 9.69 Å². The molecule has 120 valence electrons. The molecule has 0 aromatic heterocycles. The lowest BCUT2D eigenvalue weighted by Gasteiger charge is -2.21. The molecule has 1 fully saturated rings. The summed E-state index contributed by atoms with van der Waals surface area (Å²) in [4.78, 5) is 25.1. The molecule has 5 nitrogen and oxygen atoms in total. The Morgan fingerprint density at radius 3 is 2.41 bits per heavy atom. The van der Waals surface area contributed by atoms with Gasteiger partial charge in [-0.2, -0.15) is 8.78 Å². The number of carbonyl (C=O) groups excluding carboxylic acids is 2. The van der Waals surface area contributed by atoms with Crippen molar-refractivity contribution in [3.8, 4) is 5.75 Å². The first-order valence-corrected chi connectivity index (χ1v) is 7.03. The van der Waals surface area contributed by atoms with Crippen molar-refractivity contribution in [3.05, 3.63) is 29.8 Å². The van der Waals surface area contributed by atoms with Crippen LogP contribution in [0.15, 0.2) is 24.3 Å². The smallest absolute Gasteiger partial charge is 0.387 e. The number of hydrogen-bond donors (Lipinski definition) is 1. The van der Waals surface area contributed by atoms with Gasteiger partial charge in [0, 0.05) is 6.54 Å². The Morgan fingerprint density at radius 1 is 1.27 bits per heavy atom. The number of benzene rings is 1. The molecule has 7 heteroatoms. The minimum atomic E-state index is -2.85. The van der Waals surface area contributed by atoms with Gasteiger partial charge in [0.15, 0.2) is 0 Å². The number of likely N-dealkylation sites (N-methyl/N-ethyl adjacent to an activating group) is 1. The zero-order valence-electron chi connectivity index (χ0n) is 12.4. The van der Waals surface area contributed by atoms with Crippen molar-refractivity contribution < 1.29 is 23.1 Å². The lowest BCUT2D eigenvalue weighted by atomic mass is 9.93.